The van der Waals surface area contributed by atoms with E-state index in [4.69, 9.17) is 10.3 Å². The average molecular weight is 288 g/mol. The Morgan fingerprint density at radius 1 is 1.38 bits per heavy atom. The van der Waals surface area contributed by atoms with E-state index < -0.39 is 0 Å². The van der Waals surface area contributed by atoms with Crippen molar-refractivity contribution in [2.45, 2.75) is 33.4 Å². The number of benzene rings is 1. The summed E-state index contributed by atoms with van der Waals surface area (Å²) >= 11 is 0. The van der Waals surface area contributed by atoms with Crippen molar-refractivity contribution in [1.29, 1.82) is 0 Å². The molecule has 0 fully saturated rings. The van der Waals surface area contributed by atoms with Gasteiger partial charge in [0.15, 0.2) is 0 Å². The minimum atomic E-state index is -0.373. The van der Waals surface area contributed by atoms with Gasteiger partial charge in [0.05, 0.1) is 13.1 Å². The number of amides is 1. The van der Waals surface area contributed by atoms with Crippen LogP contribution in [0, 0.1) is 6.92 Å². The van der Waals surface area contributed by atoms with Crippen LogP contribution in [0.15, 0.2) is 28.8 Å². The number of aromatic nitrogens is 2. The lowest BCUT2D eigenvalue weighted by atomic mass is 10.1. The summed E-state index contributed by atoms with van der Waals surface area (Å²) < 4.78 is 5.28. The van der Waals surface area contributed by atoms with Gasteiger partial charge in [0.25, 0.3) is 0 Å². The van der Waals surface area contributed by atoms with Gasteiger partial charge in [-0.3, -0.25) is 9.69 Å². The molecule has 0 atom stereocenters. The summed E-state index contributed by atoms with van der Waals surface area (Å²) in [5.41, 5.74) is 7.28. The number of rotatable bonds is 6. The van der Waals surface area contributed by atoms with E-state index in [1.165, 1.54) is 0 Å². The van der Waals surface area contributed by atoms with E-state index in [0.29, 0.717) is 18.3 Å². The quantitative estimate of drug-likeness (QED) is 0.875. The molecule has 1 aromatic heterocycles. The van der Waals surface area contributed by atoms with Crippen LogP contribution >= 0.6 is 0 Å². The van der Waals surface area contributed by atoms with Crippen molar-refractivity contribution < 1.29 is 9.32 Å². The molecule has 0 aliphatic rings. The average Bonchev–Trinajstić information content (AvgIpc) is 2.86. The molecule has 0 saturated heterocycles. The fraction of sp³-hybridized carbons (Fsp3) is 0.400. The molecule has 2 N–H and O–H groups in total. The monoisotopic (exact) mass is 288 g/mol. The van der Waals surface area contributed by atoms with Crippen LogP contribution in [0.3, 0.4) is 0 Å². The van der Waals surface area contributed by atoms with E-state index in [2.05, 4.69) is 10.1 Å². The highest BCUT2D eigenvalue weighted by molar-refractivity contribution is 5.75. The number of carbonyl (C=O) groups excluding carboxylic acids is 1. The van der Waals surface area contributed by atoms with Crippen molar-refractivity contribution in [2.24, 2.45) is 5.73 Å². The lowest BCUT2D eigenvalue weighted by molar-refractivity contribution is -0.119. The maximum atomic E-state index is 11.1. The lowest BCUT2D eigenvalue weighted by Crippen LogP contribution is -2.38. The van der Waals surface area contributed by atoms with E-state index in [-0.39, 0.29) is 18.5 Å². The highest BCUT2D eigenvalue weighted by Gasteiger charge is 2.17. The predicted octanol–water partition coefficient (Wildman–Crippen LogP) is 1.74. The van der Waals surface area contributed by atoms with E-state index in [1.54, 1.807) is 0 Å². The Kier molecular flexibility index (Phi) is 4.70. The first-order chi connectivity index (χ1) is 9.97. The summed E-state index contributed by atoms with van der Waals surface area (Å²) in [7, 11) is 0. The molecule has 6 heteroatoms. The van der Waals surface area contributed by atoms with Crippen LogP contribution in [-0.4, -0.2) is 33.5 Å². The second-order valence-electron chi connectivity index (χ2n) is 5.29. The summed E-state index contributed by atoms with van der Waals surface area (Å²) in [6, 6.07) is 8.01. The Balaban J connectivity index is 2.16. The van der Waals surface area contributed by atoms with Gasteiger partial charge in [-0.05, 0) is 26.3 Å². The zero-order chi connectivity index (χ0) is 15.4. The zero-order valence-corrected chi connectivity index (χ0v) is 12.5. The molecule has 0 aliphatic heterocycles. The van der Waals surface area contributed by atoms with Crippen molar-refractivity contribution in [3.8, 4) is 11.4 Å². The topological polar surface area (TPSA) is 85.3 Å². The minimum Gasteiger partial charge on any atom is -0.369 e. The van der Waals surface area contributed by atoms with E-state index in [0.717, 1.165) is 11.1 Å². The first-order valence-corrected chi connectivity index (χ1v) is 6.88. The molecule has 112 valence electrons. The Morgan fingerprint density at radius 3 is 2.71 bits per heavy atom. The highest BCUT2D eigenvalue weighted by atomic mass is 16.5. The summed E-state index contributed by atoms with van der Waals surface area (Å²) in [6.07, 6.45) is 0. The van der Waals surface area contributed by atoms with Crippen molar-refractivity contribution >= 4 is 5.91 Å². The molecule has 0 saturated carbocycles. The van der Waals surface area contributed by atoms with Gasteiger partial charge in [-0.2, -0.15) is 4.98 Å². The predicted molar refractivity (Wildman–Crippen MR) is 79.2 cm³/mol. The van der Waals surface area contributed by atoms with Gasteiger partial charge < -0.3 is 10.3 Å². The SMILES string of the molecule is Cc1ccccc1-c1noc(CN(CC(N)=O)C(C)C)n1. The zero-order valence-electron chi connectivity index (χ0n) is 12.5. The third-order valence-corrected chi connectivity index (χ3v) is 3.28. The van der Waals surface area contributed by atoms with Crippen LogP contribution in [-0.2, 0) is 11.3 Å². The van der Waals surface area contributed by atoms with Crippen LogP contribution in [0.5, 0.6) is 0 Å². The highest BCUT2D eigenvalue weighted by Crippen LogP contribution is 2.20. The van der Waals surface area contributed by atoms with Crippen LogP contribution in [0.25, 0.3) is 11.4 Å². The number of nitrogens with zero attached hydrogens (tertiary/aromatic N) is 3. The second kappa shape index (κ2) is 6.49. The van der Waals surface area contributed by atoms with Gasteiger partial charge in [0.2, 0.25) is 17.6 Å². The second-order valence-corrected chi connectivity index (χ2v) is 5.29. The third-order valence-electron chi connectivity index (χ3n) is 3.28. The minimum absolute atomic E-state index is 0.159. The van der Waals surface area contributed by atoms with Gasteiger partial charge in [0, 0.05) is 11.6 Å². The van der Waals surface area contributed by atoms with Crippen molar-refractivity contribution in [3.05, 3.63) is 35.7 Å². The first-order valence-electron chi connectivity index (χ1n) is 6.88. The van der Waals surface area contributed by atoms with Crippen LogP contribution in [0.2, 0.25) is 0 Å². The summed E-state index contributed by atoms with van der Waals surface area (Å²) in [4.78, 5) is 17.4. The molecular weight excluding hydrogens is 268 g/mol. The molecular formula is C15H20N4O2. The lowest BCUT2D eigenvalue weighted by Gasteiger charge is -2.22. The maximum absolute atomic E-state index is 11.1. The van der Waals surface area contributed by atoms with E-state index >= 15 is 0 Å². The summed E-state index contributed by atoms with van der Waals surface area (Å²) in [6.45, 7) is 6.54. The summed E-state index contributed by atoms with van der Waals surface area (Å²) in [5, 5.41) is 4.01. The van der Waals surface area contributed by atoms with Crippen LogP contribution < -0.4 is 5.73 Å². The van der Waals surface area contributed by atoms with E-state index in [9.17, 15) is 4.79 Å². The molecule has 2 aromatic rings. The van der Waals surface area contributed by atoms with Crippen LogP contribution in [0.1, 0.15) is 25.3 Å². The fourth-order valence-corrected chi connectivity index (χ4v) is 2.05. The van der Waals surface area contributed by atoms with Gasteiger partial charge in [-0.1, -0.05) is 29.4 Å². The van der Waals surface area contributed by atoms with Gasteiger partial charge >= 0.3 is 0 Å². The molecule has 0 spiro atoms. The molecule has 6 nitrogen and oxygen atoms in total. The van der Waals surface area contributed by atoms with Gasteiger partial charge in [-0.25, -0.2) is 0 Å². The van der Waals surface area contributed by atoms with Crippen LogP contribution in [0.4, 0.5) is 0 Å². The molecule has 0 aliphatic carbocycles. The number of primary amides is 1. The smallest absolute Gasteiger partial charge is 0.241 e. The molecule has 0 bridgehead atoms. The summed E-state index contributed by atoms with van der Waals surface area (Å²) in [5.74, 6) is 0.663. The Hall–Kier alpha value is -2.21. The van der Waals surface area contributed by atoms with Gasteiger partial charge in [-0.15, -0.1) is 0 Å². The number of aryl methyl sites for hydroxylation is 1. The standard InChI is InChI=1S/C15H20N4O2/c1-10(2)19(8-13(16)20)9-14-17-15(18-21-14)12-7-5-4-6-11(12)3/h4-7,10H,8-9H2,1-3H3,(H2,16,20). The molecule has 0 radical (unpaired) electrons. The largest absolute Gasteiger partial charge is 0.369 e. The number of hydrogen-bond acceptors (Lipinski definition) is 5. The van der Waals surface area contributed by atoms with Crippen molar-refractivity contribution in [2.75, 3.05) is 6.54 Å². The number of hydrogen-bond donors (Lipinski definition) is 1. The molecule has 1 aromatic carbocycles. The van der Waals surface area contributed by atoms with Crippen molar-refractivity contribution in [1.82, 2.24) is 15.0 Å². The number of carbonyl (C=O) groups is 1. The fourth-order valence-electron chi connectivity index (χ4n) is 2.05. The van der Waals surface area contributed by atoms with Crippen molar-refractivity contribution in [3.63, 3.8) is 0 Å². The van der Waals surface area contributed by atoms with Gasteiger partial charge in [0.1, 0.15) is 0 Å². The first kappa shape index (κ1) is 15.2. The maximum Gasteiger partial charge on any atom is 0.241 e. The molecule has 0 unspecified atom stereocenters. The Bertz CT molecular complexity index is 622. The van der Waals surface area contributed by atoms with E-state index in [1.807, 2.05) is 49.9 Å². The Labute approximate surface area is 123 Å². The third kappa shape index (κ3) is 3.88. The normalized spacial score (nSPS) is 11.3. The molecule has 1 heterocycles. The molecule has 2 rings (SSSR count). The molecule has 1 amide bonds. The molecule has 21 heavy (non-hydrogen) atoms. The number of nitrogens with two attached hydrogens (primary N) is 1. The Morgan fingerprint density at radius 2 is 2.10 bits per heavy atom.